The highest BCUT2D eigenvalue weighted by molar-refractivity contribution is 5.51. The first kappa shape index (κ1) is 34.4. The molecule has 0 atom stereocenters. The van der Waals surface area contributed by atoms with Crippen LogP contribution in [0, 0.1) is 0 Å². The van der Waals surface area contributed by atoms with Crippen LogP contribution >= 0.6 is 0 Å². The van der Waals surface area contributed by atoms with Crippen LogP contribution in [0.15, 0.2) is 24.3 Å². The minimum absolute atomic E-state index is 0.441. The van der Waals surface area contributed by atoms with Gasteiger partial charge in [0.2, 0.25) is 0 Å². The minimum atomic E-state index is 0.441. The van der Waals surface area contributed by atoms with Crippen LogP contribution in [0.25, 0.3) is 0 Å². The van der Waals surface area contributed by atoms with Crippen molar-refractivity contribution in [3.8, 4) is 5.75 Å². The summed E-state index contributed by atoms with van der Waals surface area (Å²) < 4.78 is 54.2. The van der Waals surface area contributed by atoms with Crippen molar-refractivity contribution < 1.29 is 47.4 Å². The van der Waals surface area contributed by atoms with Gasteiger partial charge in [0.05, 0.1) is 125 Å². The Kier molecular flexibility index (Phi) is 25.8. The molecule has 1 rings (SSSR count). The van der Waals surface area contributed by atoms with Crippen LogP contribution in [0.2, 0.25) is 0 Å². The van der Waals surface area contributed by atoms with Crippen LogP contribution in [0.4, 0.5) is 5.69 Å². The van der Waals surface area contributed by atoms with Crippen LogP contribution < -0.4 is 16.2 Å². The number of para-hydroxylation sites is 2. The minimum Gasteiger partial charge on any atom is -0.489 e. The molecule has 0 saturated carbocycles. The van der Waals surface area contributed by atoms with E-state index in [1.54, 1.807) is 6.07 Å². The lowest BCUT2D eigenvalue weighted by Gasteiger charge is -2.09. The quantitative estimate of drug-likeness (QED) is 0.103. The summed E-state index contributed by atoms with van der Waals surface area (Å²) in [7, 11) is 0. The Labute approximate surface area is 227 Å². The molecule has 0 bridgehead atoms. The molecular formula is C26H48N2O10. The van der Waals surface area contributed by atoms with Gasteiger partial charge in [-0.15, -0.1) is 0 Å². The molecule has 0 aliphatic carbocycles. The molecule has 0 amide bonds. The zero-order valence-corrected chi connectivity index (χ0v) is 22.7. The zero-order chi connectivity index (χ0) is 27.2. The average Bonchev–Trinajstić information content (AvgIpc) is 2.93. The van der Waals surface area contributed by atoms with Gasteiger partial charge in [-0.3, -0.25) is 0 Å². The van der Waals surface area contributed by atoms with Gasteiger partial charge >= 0.3 is 0 Å². The third-order valence-electron chi connectivity index (χ3n) is 4.64. The maximum Gasteiger partial charge on any atom is 0.142 e. The first-order valence-corrected chi connectivity index (χ1v) is 13.2. The molecule has 12 nitrogen and oxygen atoms in total. The monoisotopic (exact) mass is 548 g/mol. The number of anilines is 1. The molecule has 0 aliphatic rings. The lowest BCUT2D eigenvalue weighted by molar-refractivity contribution is -0.0252. The smallest absolute Gasteiger partial charge is 0.142 e. The summed E-state index contributed by atoms with van der Waals surface area (Å²) >= 11 is 0. The summed E-state index contributed by atoms with van der Waals surface area (Å²) in [6, 6.07) is 7.38. The molecule has 0 heterocycles. The maximum absolute atomic E-state index is 5.81. The van der Waals surface area contributed by atoms with Gasteiger partial charge in [0.25, 0.3) is 0 Å². The van der Waals surface area contributed by atoms with Gasteiger partial charge in [-0.05, 0) is 12.1 Å². The first-order valence-electron chi connectivity index (χ1n) is 13.2. The van der Waals surface area contributed by atoms with Gasteiger partial charge in [0, 0.05) is 6.54 Å². The van der Waals surface area contributed by atoms with E-state index in [-0.39, 0.29) is 0 Å². The molecule has 1 aromatic rings. The summed E-state index contributed by atoms with van der Waals surface area (Å²) in [4.78, 5) is 0. The fourth-order valence-electron chi connectivity index (χ4n) is 2.77. The van der Waals surface area contributed by atoms with Gasteiger partial charge in [0.1, 0.15) is 12.4 Å². The molecule has 0 aromatic heterocycles. The molecule has 38 heavy (non-hydrogen) atoms. The van der Waals surface area contributed by atoms with Crippen molar-refractivity contribution >= 4 is 5.69 Å². The number of rotatable bonds is 30. The number of benzene rings is 1. The highest BCUT2D eigenvalue weighted by Crippen LogP contribution is 2.19. The van der Waals surface area contributed by atoms with E-state index >= 15 is 0 Å². The Morgan fingerprint density at radius 2 is 0.684 bits per heavy atom. The van der Waals surface area contributed by atoms with Crippen LogP contribution in [0.5, 0.6) is 5.75 Å². The number of nitrogens with two attached hydrogens (primary N) is 2. The second-order valence-electron chi connectivity index (χ2n) is 7.69. The Morgan fingerprint density at radius 1 is 0.395 bits per heavy atom. The van der Waals surface area contributed by atoms with Crippen LogP contribution in [-0.4, -0.2) is 132 Å². The molecule has 0 spiro atoms. The molecule has 12 heteroatoms. The number of ether oxygens (including phenoxy) is 10. The largest absolute Gasteiger partial charge is 0.489 e. The Morgan fingerprint density at radius 3 is 1.00 bits per heavy atom. The Hall–Kier alpha value is -1.58. The molecule has 0 aliphatic heterocycles. The standard InChI is InChI=1S/C26H48N2O10/c27-5-6-29-7-8-30-9-10-31-11-12-32-13-14-33-15-16-34-17-18-35-19-20-36-21-22-37-23-24-38-26-4-2-1-3-25(26)28/h1-4H,5-24,27-28H2. The fraction of sp³-hybridized carbons (Fsp3) is 0.769. The van der Waals surface area contributed by atoms with Gasteiger partial charge in [-0.1, -0.05) is 12.1 Å². The summed E-state index contributed by atoms with van der Waals surface area (Å²) in [6.45, 7) is 10.3. The van der Waals surface area contributed by atoms with E-state index in [9.17, 15) is 0 Å². The SMILES string of the molecule is NCCOCCOCCOCCOCCOCCOCCOCCOCCOCCOc1ccccc1N. The molecule has 0 saturated heterocycles. The van der Waals surface area contributed by atoms with Crippen molar-refractivity contribution in [2.24, 2.45) is 5.73 Å². The molecular weight excluding hydrogens is 500 g/mol. The van der Waals surface area contributed by atoms with E-state index in [0.29, 0.717) is 144 Å². The third kappa shape index (κ3) is 23.5. The molecule has 4 N–H and O–H groups in total. The van der Waals surface area contributed by atoms with Crippen molar-refractivity contribution in [3.05, 3.63) is 24.3 Å². The molecule has 0 fully saturated rings. The second kappa shape index (κ2) is 28.4. The van der Waals surface area contributed by atoms with Crippen LogP contribution in [0.1, 0.15) is 0 Å². The molecule has 0 radical (unpaired) electrons. The Balaban J connectivity index is 1.65. The van der Waals surface area contributed by atoms with E-state index in [1.807, 2.05) is 18.2 Å². The topological polar surface area (TPSA) is 144 Å². The summed E-state index contributed by atoms with van der Waals surface area (Å²) in [5, 5.41) is 0. The first-order chi connectivity index (χ1) is 18.8. The third-order valence-corrected chi connectivity index (χ3v) is 4.64. The van der Waals surface area contributed by atoms with Gasteiger partial charge < -0.3 is 58.8 Å². The van der Waals surface area contributed by atoms with Crippen molar-refractivity contribution in [1.82, 2.24) is 0 Å². The summed E-state index contributed by atoms with van der Waals surface area (Å²) in [5.41, 5.74) is 11.7. The summed E-state index contributed by atoms with van der Waals surface area (Å²) in [5.74, 6) is 0.670. The summed E-state index contributed by atoms with van der Waals surface area (Å²) in [6.07, 6.45) is 0. The normalized spacial score (nSPS) is 11.3. The molecule has 1 aromatic carbocycles. The molecule has 0 unspecified atom stereocenters. The van der Waals surface area contributed by atoms with Gasteiger partial charge in [-0.2, -0.15) is 0 Å². The van der Waals surface area contributed by atoms with Gasteiger partial charge in [0.15, 0.2) is 0 Å². The maximum atomic E-state index is 5.81. The molecule has 222 valence electrons. The van der Waals surface area contributed by atoms with E-state index in [2.05, 4.69) is 0 Å². The second-order valence-corrected chi connectivity index (χ2v) is 7.69. The van der Waals surface area contributed by atoms with E-state index in [4.69, 9.17) is 58.8 Å². The van der Waals surface area contributed by atoms with E-state index in [0.717, 1.165) is 0 Å². The zero-order valence-electron chi connectivity index (χ0n) is 22.7. The van der Waals surface area contributed by atoms with E-state index in [1.165, 1.54) is 0 Å². The van der Waals surface area contributed by atoms with Crippen molar-refractivity contribution in [2.75, 3.05) is 138 Å². The van der Waals surface area contributed by atoms with Crippen molar-refractivity contribution in [2.45, 2.75) is 0 Å². The van der Waals surface area contributed by atoms with Crippen LogP contribution in [0.3, 0.4) is 0 Å². The Bertz CT molecular complexity index is 615. The predicted octanol–water partition coefficient (Wildman–Crippen LogP) is 0.756. The number of hydrogen-bond acceptors (Lipinski definition) is 12. The predicted molar refractivity (Wildman–Crippen MR) is 143 cm³/mol. The number of nitrogen functional groups attached to an aromatic ring is 1. The van der Waals surface area contributed by atoms with E-state index < -0.39 is 0 Å². The fourth-order valence-corrected chi connectivity index (χ4v) is 2.77. The van der Waals surface area contributed by atoms with Crippen LogP contribution in [-0.2, 0) is 42.6 Å². The number of hydrogen-bond donors (Lipinski definition) is 2. The van der Waals surface area contributed by atoms with Crippen molar-refractivity contribution in [1.29, 1.82) is 0 Å². The van der Waals surface area contributed by atoms with Gasteiger partial charge in [-0.25, -0.2) is 0 Å². The highest BCUT2D eigenvalue weighted by Gasteiger charge is 1.98. The lowest BCUT2D eigenvalue weighted by atomic mass is 10.3. The highest BCUT2D eigenvalue weighted by atomic mass is 16.6. The average molecular weight is 549 g/mol. The van der Waals surface area contributed by atoms with Crippen molar-refractivity contribution in [3.63, 3.8) is 0 Å². The lowest BCUT2D eigenvalue weighted by Crippen LogP contribution is -2.15.